The first-order valence-corrected chi connectivity index (χ1v) is 7.81. The van der Waals surface area contributed by atoms with E-state index in [-0.39, 0.29) is 11.7 Å². The average Bonchev–Trinajstić information content (AvgIpc) is 2.74. The van der Waals surface area contributed by atoms with Gasteiger partial charge in [-0.2, -0.15) is 11.8 Å². The predicted octanol–water partition coefficient (Wildman–Crippen LogP) is 2.84. The first-order chi connectivity index (χ1) is 7.76. The van der Waals surface area contributed by atoms with E-state index < -0.39 is 0 Å². The minimum Gasteiger partial charge on any atom is -0.392 e. The maximum Gasteiger partial charge on any atom is 0.0686 e. The van der Waals surface area contributed by atoms with Gasteiger partial charge in [0.15, 0.2) is 0 Å². The van der Waals surface area contributed by atoms with E-state index in [9.17, 15) is 5.11 Å². The SMILES string of the molecule is CCSCC(O)C1CCOC2(CCCC2)C1. The van der Waals surface area contributed by atoms with Gasteiger partial charge in [0.1, 0.15) is 0 Å². The highest BCUT2D eigenvalue weighted by molar-refractivity contribution is 7.99. The molecule has 2 nitrogen and oxygen atoms in total. The lowest BCUT2D eigenvalue weighted by Crippen LogP contribution is -2.41. The van der Waals surface area contributed by atoms with Crippen LogP contribution in [0.4, 0.5) is 0 Å². The highest BCUT2D eigenvalue weighted by Gasteiger charge is 2.41. The normalized spacial score (nSPS) is 30.8. The Hall–Kier alpha value is 0.270. The molecular formula is C13H24O2S. The number of hydrogen-bond donors (Lipinski definition) is 1. The smallest absolute Gasteiger partial charge is 0.0686 e. The third kappa shape index (κ3) is 2.93. The van der Waals surface area contributed by atoms with Crippen LogP contribution in [0.15, 0.2) is 0 Å². The van der Waals surface area contributed by atoms with Crippen molar-refractivity contribution in [1.82, 2.24) is 0 Å². The van der Waals surface area contributed by atoms with Gasteiger partial charge in [0.2, 0.25) is 0 Å². The molecule has 0 amide bonds. The molecule has 0 bridgehead atoms. The Kier molecular flexibility index (Phi) is 4.57. The maximum atomic E-state index is 10.2. The molecule has 3 heteroatoms. The molecule has 94 valence electrons. The van der Waals surface area contributed by atoms with E-state index in [1.54, 1.807) is 0 Å². The fourth-order valence-electron chi connectivity index (χ4n) is 3.14. The molecule has 0 aromatic rings. The molecule has 1 aliphatic carbocycles. The van der Waals surface area contributed by atoms with Crippen LogP contribution in [0, 0.1) is 5.92 Å². The van der Waals surface area contributed by atoms with Crippen molar-refractivity contribution in [3.63, 3.8) is 0 Å². The minimum atomic E-state index is -0.119. The second-order valence-electron chi connectivity index (χ2n) is 5.22. The number of rotatable bonds is 4. The number of aliphatic hydroxyl groups excluding tert-OH is 1. The van der Waals surface area contributed by atoms with E-state index in [2.05, 4.69) is 6.92 Å². The van der Waals surface area contributed by atoms with Crippen LogP contribution in [0.1, 0.15) is 45.4 Å². The van der Waals surface area contributed by atoms with Crippen LogP contribution in [0.5, 0.6) is 0 Å². The van der Waals surface area contributed by atoms with E-state index in [0.29, 0.717) is 5.92 Å². The summed E-state index contributed by atoms with van der Waals surface area (Å²) in [6.45, 7) is 3.01. The Morgan fingerprint density at radius 3 is 2.88 bits per heavy atom. The summed E-state index contributed by atoms with van der Waals surface area (Å²) in [5.41, 5.74) is 0.154. The van der Waals surface area contributed by atoms with Gasteiger partial charge in [-0.05, 0) is 37.4 Å². The van der Waals surface area contributed by atoms with Gasteiger partial charge in [-0.25, -0.2) is 0 Å². The van der Waals surface area contributed by atoms with Crippen molar-refractivity contribution in [2.75, 3.05) is 18.1 Å². The molecule has 2 atom stereocenters. The summed E-state index contributed by atoms with van der Waals surface area (Å²) in [4.78, 5) is 0. The van der Waals surface area contributed by atoms with Crippen molar-refractivity contribution in [3.8, 4) is 0 Å². The zero-order chi connectivity index (χ0) is 11.4. The summed E-state index contributed by atoms with van der Waals surface area (Å²) in [7, 11) is 0. The summed E-state index contributed by atoms with van der Waals surface area (Å²) < 4.78 is 5.99. The van der Waals surface area contributed by atoms with Crippen molar-refractivity contribution in [3.05, 3.63) is 0 Å². The number of hydrogen-bond acceptors (Lipinski definition) is 3. The topological polar surface area (TPSA) is 29.5 Å². The van der Waals surface area contributed by atoms with Gasteiger partial charge >= 0.3 is 0 Å². The van der Waals surface area contributed by atoms with E-state index in [1.165, 1.54) is 25.7 Å². The van der Waals surface area contributed by atoms with Gasteiger partial charge in [-0.1, -0.05) is 19.8 Å². The average molecular weight is 244 g/mol. The first kappa shape index (κ1) is 12.7. The van der Waals surface area contributed by atoms with Crippen LogP contribution in [-0.4, -0.2) is 34.9 Å². The van der Waals surface area contributed by atoms with Crippen LogP contribution in [-0.2, 0) is 4.74 Å². The van der Waals surface area contributed by atoms with Crippen LogP contribution in [0.2, 0.25) is 0 Å². The highest BCUT2D eigenvalue weighted by Crippen LogP contribution is 2.43. The van der Waals surface area contributed by atoms with Crippen molar-refractivity contribution in [1.29, 1.82) is 0 Å². The molecule has 1 saturated carbocycles. The van der Waals surface area contributed by atoms with E-state index in [0.717, 1.165) is 31.0 Å². The first-order valence-electron chi connectivity index (χ1n) is 6.65. The van der Waals surface area contributed by atoms with Crippen LogP contribution < -0.4 is 0 Å². The molecule has 0 radical (unpaired) electrons. The van der Waals surface area contributed by atoms with Crippen LogP contribution >= 0.6 is 11.8 Å². The Morgan fingerprint density at radius 1 is 1.44 bits per heavy atom. The maximum absolute atomic E-state index is 10.2. The van der Waals surface area contributed by atoms with E-state index in [4.69, 9.17) is 4.74 Å². The van der Waals surface area contributed by atoms with Crippen molar-refractivity contribution in [2.45, 2.75) is 57.2 Å². The second-order valence-corrected chi connectivity index (χ2v) is 6.54. The molecule has 0 aromatic heterocycles. The van der Waals surface area contributed by atoms with Crippen LogP contribution in [0.25, 0.3) is 0 Å². The van der Waals surface area contributed by atoms with Gasteiger partial charge in [0, 0.05) is 12.4 Å². The van der Waals surface area contributed by atoms with E-state index >= 15 is 0 Å². The molecular weight excluding hydrogens is 220 g/mol. The summed E-state index contributed by atoms with van der Waals surface area (Å²) in [6.07, 6.45) is 7.09. The summed E-state index contributed by atoms with van der Waals surface area (Å²) in [6, 6.07) is 0. The van der Waals surface area contributed by atoms with Crippen molar-refractivity contribution < 1.29 is 9.84 Å². The van der Waals surface area contributed by atoms with Crippen LogP contribution in [0.3, 0.4) is 0 Å². The van der Waals surface area contributed by atoms with Gasteiger partial charge < -0.3 is 9.84 Å². The van der Waals surface area contributed by atoms with Gasteiger partial charge in [0.25, 0.3) is 0 Å². The lowest BCUT2D eigenvalue weighted by atomic mass is 9.82. The van der Waals surface area contributed by atoms with Gasteiger partial charge in [0.05, 0.1) is 11.7 Å². The predicted molar refractivity (Wildman–Crippen MR) is 68.9 cm³/mol. The quantitative estimate of drug-likeness (QED) is 0.824. The molecule has 16 heavy (non-hydrogen) atoms. The third-order valence-corrected chi connectivity index (χ3v) is 5.07. The Bertz CT molecular complexity index is 214. The molecule has 0 aromatic carbocycles. The zero-order valence-corrected chi connectivity index (χ0v) is 11.1. The van der Waals surface area contributed by atoms with Gasteiger partial charge in [-0.3, -0.25) is 0 Å². The molecule has 2 rings (SSSR count). The summed E-state index contributed by atoms with van der Waals surface area (Å²) >= 11 is 1.85. The molecule has 1 aliphatic heterocycles. The summed E-state index contributed by atoms with van der Waals surface area (Å²) in [5, 5.41) is 10.2. The second kappa shape index (κ2) is 5.74. The molecule has 2 unspecified atom stereocenters. The van der Waals surface area contributed by atoms with Crippen molar-refractivity contribution in [2.24, 2.45) is 5.92 Å². The molecule has 2 aliphatic rings. The third-order valence-electron chi connectivity index (χ3n) is 4.08. The Balaban J connectivity index is 1.85. The zero-order valence-electron chi connectivity index (χ0n) is 10.3. The minimum absolute atomic E-state index is 0.119. The largest absolute Gasteiger partial charge is 0.392 e. The Morgan fingerprint density at radius 2 is 2.19 bits per heavy atom. The summed E-state index contributed by atoms with van der Waals surface area (Å²) in [5.74, 6) is 2.48. The Labute approximate surface area is 103 Å². The number of thioether (sulfide) groups is 1. The highest BCUT2D eigenvalue weighted by atomic mass is 32.2. The fraction of sp³-hybridized carbons (Fsp3) is 1.00. The molecule has 1 N–H and O–H groups in total. The van der Waals surface area contributed by atoms with Crippen molar-refractivity contribution >= 4 is 11.8 Å². The molecule has 2 fully saturated rings. The molecule has 1 spiro atoms. The molecule has 1 heterocycles. The number of aliphatic hydroxyl groups is 1. The fourth-order valence-corrected chi connectivity index (χ4v) is 3.89. The monoisotopic (exact) mass is 244 g/mol. The lowest BCUT2D eigenvalue weighted by Gasteiger charge is -2.40. The lowest BCUT2D eigenvalue weighted by molar-refractivity contribution is -0.109. The number of ether oxygens (including phenoxy) is 1. The van der Waals surface area contributed by atoms with E-state index in [1.807, 2.05) is 11.8 Å². The van der Waals surface area contributed by atoms with Gasteiger partial charge in [-0.15, -0.1) is 0 Å². The molecule has 1 saturated heterocycles. The standard InChI is InChI=1S/C13H24O2S/c1-2-16-10-12(14)11-5-8-15-13(9-11)6-3-4-7-13/h11-12,14H,2-10H2,1H3.